The molecule has 6 rings (SSSR count). The molecule has 1 heterocycles. The Balaban J connectivity index is 1.62. The number of ether oxygens (including phenoxy) is 7. The van der Waals surface area contributed by atoms with Crippen LogP contribution in [-0.4, -0.2) is 35.3 Å². The van der Waals surface area contributed by atoms with Crippen molar-refractivity contribution in [2.75, 3.05) is 0 Å². The molecule has 0 spiro atoms. The van der Waals surface area contributed by atoms with E-state index >= 15 is 0 Å². The van der Waals surface area contributed by atoms with Gasteiger partial charge >= 0.3 is 18.5 Å². The minimum absolute atomic E-state index is 0.267. The van der Waals surface area contributed by atoms with E-state index in [9.17, 15) is 14.4 Å². The van der Waals surface area contributed by atoms with Crippen LogP contribution in [0, 0.1) is 7.14 Å². The Morgan fingerprint density at radius 1 is 0.556 bits per heavy atom. The van der Waals surface area contributed by atoms with E-state index in [4.69, 9.17) is 33.2 Å². The van der Waals surface area contributed by atoms with Crippen LogP contribution in [0.25, 0.3) is 21.5 Å². The standard InChI is InChI=1S/C42H40I2O10/c1-40(2,3)52-37(45)48-25-14-10-22-12-16-31-33(27(22)20-25)35(29-18-24(43)19-30(44)36(29)51-39(47)54-42(7,8)9)34-28-21-26(49-38(46)53-41(4,5)6)15-11-23(28)13-17-32(34)50-31/h10-21,35H,1-9H3. The largest absolute Gasteiger partial charge is 0.514 e. The van der Waals surface area contributed by atoms with E-state index in [0.717, 1.165) is 36.2 Å². The maximum absolute atomic E-state index is 13.3. The number of hydrogen-bond donors (Lipinski definition) is 0. The summed E-state index contributed by atoms with van der Waals surface area (Å²) in [5, 5.41) is 3.12. The summed E-state index contributed by atoms with van der Waals surface area (Å²) in [6.45, 7) is 15.9. The molecular weight excluding hydrogens is 918 g/mol. The van der Waals surface area contributed by atoms with Crippen molar-refractivity contribution in [3.8, 4) is 28.7 Å². The van der Waals surface area contributed by atoms with Crippen LogP contribution in [0.1, 0.15) is 84.9 Å². The molecule has 0 aliphatic carbocycles. The van der Waals surface area contributed by atoms with Crippen LogP contribution < -0.4 is 18.9 Å². The SMILES string of the molecule is CC(C)(C)OC(=O)Oc1ccc2ccc3c(c2c1)C(c1cc(I)cc(I)c1OC(=O)OC(C)(C)C)c1c(ccc2ccc(OC(=O)OC(C)(C)C)cc12)O3. The molecule has 10 nitrogen and oxygen atoms in total. The average molecular weight is 959 g/mol. The average Bonchev–Trinajstić information content (AvgIpc) is 3.02. The zero-order chi connectivity index (χ0) is 39.3. The molecule has 0 bridgehead atoms. The highest BCUT2D eigenvalue weighted by atomic mass is 127. The van der Waals surface area contributed by atoms with Crippen molar-refractivity contribution in [3.63, 3.8) is 0 Å². The van der Waals surface area contributed by atoms with Gasteiger partial charge in [0.1, 0.15) is 39.8 Å². The third-order valence-electron chi connectivity index (χ3n) is 7.89. The molecule has 1 aliphatic heterocycles. The third-order valence-corrected chi connectivity index (χ3v) is 9.32. The zero-order valence-corrected chi connectivity index (χ0v) is 35.7. The van der Waals surface area contributed by atoms with Crippen molar-refractivity contribution in [3.05, 3.63) is 96.6 Å². The first-order valence-corrected chi connectivity index (χ1v) is 19.3. The van der Waals surface area contributed by atoms with Crippen LogP contribution in [0.2, 0.25) is 0 Å². The molecule has 0 amide bonds. The highest BCUT2D eigenvalue weighted by molar-refractivity contribution is 14.1. The van der Waals surface area contributed by atoms with Crippen LogP contribution in [-0.2, 0) is 14.2 Å². The molecule has 5 aromatic rings. The van der Waals surface area contributed by atoms with Gasteiger partial charge in [0.2, 0.25) is 0 Å². The summed E-state index contributed by atoms with van der Waals surface area (Å²) < 4.78 is 42.1. The second-order valence-corrected chi connectivity index (χ2v) is 18.2. The number of benzene rings is 5. The molecular formula is C42H40I2O10. The number of carbonyl (C=O) groups is 3. The predicted octanol–water partition coefficient (Wildman–Crippen LogP) is 12.4. The fraction of sp³-hybridized carbons (Fsp3) is 0.310. The molecule has 5 aromatic carbocycles. The maximum atomic E-state index is 13.3. The Morgan fingerprint density at radius 3 is 1.39 bits per heavy atom. The van der Waals surface area contributed by atoms with Crippen molar-refractivity contribution in [1.82, 2.24) is 0 Å². The summed E-state index contributed by atoms with van der Waals surface area (Å²) in [5.41, 5.74) is -0.199. The molecule has 0 fully saturated rings. The first-order valence-electron chi connectivity index (χ1n) is 17.2. The topological polar surface area (TPSA) is 116 Å². The molecule has 12 heteroatoms. The molecule has 0 radical (unpaired) electrons. The minimum Gasteiger partial charge on any atom is -0.457 e. The van der Waals surface area contributed by atoms with Gasteiger partial charge in [0.25, 0.3) is 0 Å². The van der Waals surface area contributed by atoms with Crippen molar-refractivity contribution in [1.29, 1.82) is 0 Å². The third kappa shape index (κ3) is 9.13. The fourth-order valence-corrected chi connectivity index (χ4v) is 8.07. The van der Waals surface area contributed by atoms with E-state index in [1.807, 2.05) is 48.5 Å². The number of halogens is 2. The summed E-state index contributed by atoms with van der Waals surface area (Å²) in [6.07, 6.45) is -2.53. The summed E-state index contributed by atoms with van der Waals surface area (Å²) >= 11 is 4.40. The van der Waals surface area contributed by atoms with Gasteiger partial charge in [-0.2, -0.15) is 0 Å². The first kappa shape index (κ1) is 39.4. The minimum atomic E-state index is -0.854. The van der Waals surface area contributed by atoms with E-state index in [-0.39, 0.29) is 11.5 Å². The Hall–Kier alpha value is -4.31. The van der Waals surface area contributed by atoms with Crippen LogP contribution in [0.5, 0.6) is 28.7 Å². The molecule has 0 atom stereocenters. The van der Waals surface area contributed by atoms with E-state index in [2.05, 4.69) is 45.2 Å². The lowest BCUT2D eigenvalue weighted by atomic mass is 9.78. The van der Waals surface area contributed by atoms with E-state index in [1.54, 1.807) is 86.6 Å². The van der Waals surface area contributed by atoms with Gasteiger partial charge in [-0.1, -0.05) is 24.3 Å². The monoisotopic (exact) mass is 958 g/mol. The van der Waals surface area contributed by atoms with Gasteiger partial charge in [-0.3, -0.25) is 0 Å². The zero-order valence-electron chi connectivity index (χ0n) is 31.3. The summed E-state index contributed by atoms with van der Waals surface area (Å²) in [5.74, 6) is 1.31. The Morgan fingerprint density at radius 2 is 0.963 bits per heavy atom. The van der Waals surface area contributed by atoms with Crippen LogP contribution in [0.4, 0.5) is 14.4 Å². The van der Waals surface area contributed by atoms with Crippen molar-refractivity contribution in [2.45, 2.75) is 85.0 Å². The van der Waals surface area contributed by atoms with Gasteiger partial charge in [-0.25, -0.2) is 14.4 Å². The maximum Gasteiger partial charge on any atom is 0.514 e. The Labute approximate surface area is 341 Å². The number of fused-ring (bicyclic) bond motifs is 6. The molecule has 0 aromatic heterocycles. The van der Waals surface area contributed by atoms with Crippen molar-refractivity contribution < 1.29 is 47.5 Å². The Kier molecular flexibility index (Phi) is 10.7. The normalized spacial score (nSPS) is 13.0. The molecule has 54 heavy (non-hydrogen) atoms. The summed E-state index contributed by atoms with van der Waals surface area (Å²) in [7, 11) is 0. The summed E-state index contributed by atoms with van der Waals surface area (Å²) in [6, 6.07) is 22.2. The lowest BCUT2D eigenvalue weighted by Gasteiger charge is -2.32. The summed E-state index contributed by atoms with van der Waals surface area (Å²) in [4.78, 5) is 38.9. The second-order valence-electron chi connectivity index (χ2n) is 15.8. The first-order chi connectivity index (χ1) is 25.1. The molecule has 0 unspecified atom stereocenters. The number of rotatable bonds is 4. The lowest BCUT2D eigenvalue weighted by Crippen LogP contribution is -2.26. The smallest absolute Gasteiger partial charge is 0.457 e. The van der Waals surface area contributed by atoms with Crippen molar-refractivity contribution in [2.24, 2.45) is 0 Å². The molecule has 0 saturated heterocycles. The van der Waals surface area contributed by atoms with Gasteiger partial charge in [-0.15, -0.1) is 0 Å². The van der Waals surface area contributed by atoms with Crippen LogP contribution in [0.15, 0.2) is 72.8 Å². The van der Waals surface area contributed by atoms with Gasteiger partial charge < -0.3 is 33.2 Å². The van der Waals surface area contributed by atoms with Crippen LogP contribution >= 0.6 is 45.2 Å². The molecule has 282 valence electrons. The molecule has 0 N–H and O–H groups in total. The van der Waals surface area contributed by atoms with Gasteiger partial charge in [0.05, 0.1) is 3.57 Å². The highest BCUT2D eigenvalue weighted by Crippen LogP contribution is 2.55. The van der Waals surface area contributed by atoms with Crippen molar-refractivity contribution >= 4 is 85.2 Å². The molecule has 1 aliphatic rings. The Bertz CT molecular complexity index is 2190. The lowest BCUT2D eigenvalue weighted by molar-refractivity contribution is 0.0190. The fourth-order valence-electron chi connectivity index (χ4n) is 6.07. The number of hydrogen-bond acceptors (Lipinski definition) is 10. The van der Waals surface area contributed by atoms with E-state index in [1.165, 1.54) is 0 Å². The van der Waals surface area contributed by atoms with Gasteiger partial charge in [0.15, 0.2) is 5.75 Å². The molecule has 0 saturated carbocycles. The second kappa shape index (κ2) is 14.7. The van der Waals surface area contributed by atoms with E-state index < -0.39 is 41.2 Å². The predicted molar refractivity (Wildman–Crippen MR) is 221 cm³/mol. The quantitative estimate of drug-likeness (QED) is 0.0732. The van der Waals surface area contributed by atoms with Crippen LogP contribution in [0.3, 0.4) is 0 Å². The van der Waals surface area contributed by atoms with Gasteiger partial charge in [-0.05, 0) is 178 Å². The van der Waals surface area contributed by atoms with E-state index in [0.29, 0.717) is 26.4 Å². The highest BCUT2D eigenvalue weighted by Gasteiger charge is 2.36. The number of carbonyl (C=O) groups excluding carboxylic acids is 3. The van der Waals surface area contributed by atoms with Gasteiger partial charge in [0, 0.05) is 26.2 Å².